The average molecular weight is 402 g/mol. The molecular formula is C20H26N4O5. The van der Waals surface area contributed by atoms with Gasteiger partial charge < -0.3 is 10.1 Å². The Morgan fingerprint density at radius 2 is 1.83 bits per heavy atom. The minimum atomic E-state index is -0.920. The van der Waals surface area contributed by atoms with Gasteiger partial charge in [0, 0.05) is 5.54 Å². The van der Waals surface area contributed by atoms with Crippen LogP contribution in [0.1, 0.15) is 55.0 Å². The van der Waals surface area contributed by atoms with Crippen LogP contribution in [0, 0.1) is 24.0 Å². The predicted octanol–water partition coefficient (Wildman–Crippen LogP) is 2.92. The SMILES string of the molecule is Cc1nn(Cc2ccc(C(=O)O[C@H](C)C(=O)NC(C)(C)C)cc2)c(C)c1[N+](=O)[O-]. The highest BCUT2D eigenvalue weighted by atomic mass is 16.6. The number of aryl methyl sites for hydroxylation is 1. The first-order valence-electron chi connectivity index (χ1n) is 9.19. The molecule has 2 aromatic rings. The molecule has 0 saturated carbocycles. The molecule has 29 heavy (non-hydrogen) atoms. The molecule has 9 nitrogen and oxygen atoms in total. The summed E-state index contributed by atoms with van der Waals surface area (Å²) in [6.07, 6.45) is -0.920. The Balaban J connectivity index is 2.05. The molecule has 156 valence electrons. The molecule has 1 heterocycles. The summed E-state index contributed by atoms with van der Waals surface area (Å²) >= 11 is 0. The van der Waals surface area contributed by atoms with Crippen molar-refractivity contribution in [3.05, 3.63) is 56.9 Å². The van der Waals surface area contributed by atoms with E-state index >= 15 is 0 Å². The lowest BCUT2D eigenvalue weighted by molar-refractivity contribution is -0.386. The summed E-state index contributed by atoms with van der Waals surface area (Å²) in [7, 11) is 0. The van der Waals surface area contributed by atoms with E-state index in [-0.39, 0.29) is 11.6 Å². The van der Waals surface area contributed by atoms with Gasteiger partial charge >= 0.3 is 11.7 Å². The van der Waals surface area contributed by atoms with Gasteiger partial charge in [-0.3, -0.25) is 19.6 Å². The van der Waals surface area contributed by atoms with Crippen LogP contribution in [0.25, 0.3) is 0 Å². The number of amides is 1. The fraction of sp³-hybridized carbons (Fsp3) is 0.450. The molecule has 2 rings (SSSR count). The second kappa shape index (κ2) is 8.42. The molecule has 1 amide bonds. The van der Waals surface area contributed by atoms with Gasteiger partial charge in [-0.15, -0.1) is 0 Å². The number of carbonyl (C=O) groups excluding carboxylic acids is 2. The van der Waals surface area contributed by atoms with Gasteiger partial charge in [0.25, 0.3) is 5.91 Å². The van der Waals surface area contributed by atoms with Crippen LogP contribution in [0.4, 0.5) is 5.69 Å². The number of nitrogens with one attached hydrogen (secondary N) is 1. The standard InChI is InChI=1S/C20H26N4O5/c1-12-17(24(27)28)13(2)23(22-12)11-15-7-9-16(10-8-15)19(26)29-14(3)18(25)21-20(4,5)6/h7-10,14H,11H2,1-6H3,(H,21,25)/t14-/m1/s1. The Kier molecular flexibility index (Phi) is 6.41. The first kappa shape index (κ1) is 22.1. The number of rotatable bonds is 6. The molecule has 1 aromatic carbocycles. The van der Waals surface area contributed by atoms with E-state index in [1.807, 2.05) is 20.8 Å². The maximum atomic E-state index is 12.3. The normalized spacial score (nSPS) is 12.3. The molecule has 0 bridgehead atoms. The number of esters is 1. The van der Waals surface area contributed by atoms with E-state index in [2.05, 4.69) is 10.4 Å². The summed E-state index contributed by atoms with van der Waals surface area (Å²) in [5.74, 6) is -0.969. The molecule has 1 atom stereocenters. The number of nitro groups is 1. The van der Waals surface area contributed by atoms with Crippen molar-refractivity contribution in [3.63, 3.8) is 0 Å². The van der Waals surface area contributed by atoms with Gasteiger partial charge in [-0.2, -0.15) is 5.10 Å². The van der Waals surface area contributed by atoms with E-state index in [1.165, 1.54) is 6.92 Å². The highest BCUT2D eigenvalue weighted by Crippen LogP contribution is 2.22. The van der Waals surface area contributed by atoms with Crippen LogP contribution in [0.2, 0.25) is 0 Å². The first-order valence-corrected chi connectivity index (χ1v) is 9.19. The average Bonchev–Trinajstić information content (AvgIpc) is 2.87. The molecule has 0 aliphatic rings. The molecule has 9 heteroatoms. The van der Waals surface area contributed by atoms with Crippen molar-refractivity contribution in [2.75, 3.05) is 0 Å². The third kappa shape index (κ3) is 5.63. The van der Waals surface area contributed by atoms with Gasteiger partial charge in [0.15, 0.2) is 6.10 Å². The summed E-state index contributed by atoms with van der Waals surface area (Å²) in [6, 6.07) is 6.62. The zero-order chi connectivity index (χ0) is 21.9. The molecule has 0 radical (unpaired) electrons. The third-order valence-corrected chi connectivity index (χ3v) is 4.20. The van der Waals surface area contributed by atoms with E-state index in [1.54, 1.807) is 42.8 Å². The lowest BCUT2D eigenvalue weighted by atomic mass is 10.1. The Hall–Kier alpha value is -3.23. The van der Waals surface area contributed by atoms with Gasteiger partial charge in [0.05, 0.1) is 17.0 Å². The van der Waals surface area contributed by atoms with Crippen LogP contribution in [0.15, 0.2) is 24.3 Å². The molecule has 1 aromatic heterocycles. The zero-order valence-corrected chi connectivity index (χ0v) is 17.5. The van der Waals surface area contributed by atoms with Crippen molar-refractivity contribution in [1.82, 2.24) is 15.1 Å². The Labute approximate surface area is 169 Å². The molecule has 1 N–H and O–H groups in total. The highest BCUT2D eigenvalue weighted by molar-refractivity contribution is 5.92. The fourth-order valence-corrected chi connectivity index (χ4v) is 2.78. The Morgan fingerprint density at radius 1 is 1.24 bits per heavy atom. The summed E-state index contributed by atoms with van der Waals surface area (Å²) < 4.78 is 6.78. The van der Waals surface area contributed by atoms with E-state index in [9.17, 15) is 19.7 Å². The number of carbonyl (C=O) groups is 2. The number of ether oxygens (including phenoxy) is 1. The number of aromatic nitrogens is 2. The quantitative estimate of drug-likeness (QED) is 0.451. The monoisotopic (exact) mass is 402 g/mol. The van der Waals surface area contributed by atoms with Crippen molar-refractivity contribution in [3.8, 4) is 0 Å². The second-order valence-corrected chi connectivity index (χ2v) is 7.92. The van der Waals surface area contributed by atoms with Gasteiger partial charge in [0.2, 0.25) is 0 Å². The number of hydrogen-bond donors (Lipinski definition) is 1. The fourth-order valence-electron chi connectivity index (χ4n) is 2.78. The Bertz CT molecular complexity index is 926. The van der Waals surface area contributed by atoms with Crippen LogP contribution in [-0.4, -0.2) is 38.2 Å². The van der Waals surface area contributed by atoms with Crippen molar-refractivity contribution >= 4 is 17.6 Å². The van der Waals surface area contributed by atoms with Gasteiger partial charge in [0.1, 0.15) is 11.4 Å². The van der Waals surface area contributed by atoms with Crippen molar-refractivity contribution in [2.45, 2.75) is 59.7 Å². The second-order valence-electron chi connectivity index (χ2n) is 7.92. The van der Waals surface area contributed by atoms with Crippen LogP contribution in [-0.2, 0) is 16.1 Å². The summed E-state index contributed by atoms with van der Waals surface area (Å²) in [4.78, 5) is 35.0. The number of benzene rings is 1. The number of nitrogens with zero attached hydrogens (tertiary/aromatic N) is 3. The van der Waals surface area contributed by atoms with Crippen molar-refractivity contribution in [1.29, 1.82) is 0 Å². The molecular weight excluding hydrogens is 376 g/mol. The molecule has 0 fully saturated rings. The third-order valence-electron chi connectivity index (χ3n) is 4.20. The van der Waals surface area contributed by atoms with Crippen molar-refractivity contribution in [2.24, 2.45) is 0 Å². The maximum absolute atomic E-state index is 12.3. The van der Waals surface area contributed by atoms with E-state index < -0.39 is 22.5 Å². The molecule has 0 aliphatic carbocycles. The topological polar surface area (TPSA) is 116 Å². The van der Waals surface area contributed by atoms with Gasteiger partial charge in [-0.1, -0.05) is 12.1 Å². The smallest absolute Gasteiger partial charge is 0.338 e. The van der Waals surface area contributed by atoms with Crippen LogP contribution >= 0.6 is 0 Å². The van der Waals surface area contributed by atoms with Crippen molar-refractivity contribution < 1.29 is 19.2 Å². The predicted molar refractivity (Wildman–Crippen MR) is 107 cm³/mol. The minimum absolute atomic E-state index is 0.00715. The molecule has 0 aliphatic heterocycles. The van der Waals surface area contributed by atoms with E-state index in [0.717, 1.165) is 5.56 Å². The lowest BCUT2D eigenvalue weighted by Crippen LogP contribution is -2.46. The summed E-state index contributed by atoms with van der Waals surface area (Å²) in [5.41, 5.74) is 1.54. The molecule has 0 saturated heterocycles. The molecule has 0 unspecified atom stereocenters. The van der Waals surface area contributed by atoms with Crippen LogP contribution in [0.3, 0.4) is 0 Å². The van der Waals surface area contributed by atoms with E-state index in [0.29, 0.717) is 23.5 Å². The lowest BCUT2D eigenvalue weighted by Gasteiger charge is -2.23. The summed E-state index contributed by atoms with van der Waals surface area (Å²) in [5, 5.41) is 18.1. The minimum Gasteiger partial charge on any atom is -0.449 e. The molecule has 0 spiro atoms. The summed E-state index contributed by atoms with van der Waals surface area (Å²) in [6.45, 7) is 10.6. The Morgan fingerprint density at radius 3 is 2.31 bits per heavy atom. The number of hydrogen-bond acceptors (Lipinski definition) is 6. The van der Waals surface area contributed by atoms with E-state index in [4.69, 9.17) is 4.74 Å². The van der Waals surface area contributed by atoms with Gasteiger partial charge in [-0.25, -0.2) is 4.79 Å². The maximum Gasteiger partial charge on any atom is 0.338 e. The van der Waals surface area contributed by atoms with Gasteiger partial charge in [-0.05, 0) is 59.2 Å². The largest absolute Gasteiger partial charge is 0.449 e. The zero-order valence-electron chi connectivity index (χ0n) is 17.5. The van der Waals surface area contributed by atoms with Crippen LogP contribution in [0.5, 0.6) is 0 Å². The highest BCUT2D eigenvalue weighted by Gasteiger charge is 2.23. The van der Waals surface area contributed by atoms with Crippen LogP contribution < -0.4 is 5.32 Å². The first-order chi connectivity index (χ1) is 13.4.